The average Bonchev–Trinajstić information content (AvgIpc) is 2.60. The Balaban J connectivity index is 2.36. The first kappa shape index (κ1) is 13.1. The summed E-state index contributed by atoms with van der Waals surface area (Å²) >= 11 is 0. The minimum atomic E-state index is 0.395. The van der Waals surface area contributed by atoms with Gasteiger partial charge >= 0.3 is 0 Å². The first-order valence-corrected chi connectivity index (χ1v) is 7.32. The molecule has 0 bridgehead atoms. The third kappa shape index (κ3) is 2.07. The molecule has 2 aliphatic rings. The molecule has 0 radical (unpaired) electrons. The highest BCUT2D eigenvalue weighted by Gasteiger charge is 2.45. The van der Waals surface area contributed by atoms with Gasteiger partial charge < -0.3 is 5.32 Å². The minimum Gasteiger partial charge on any atom is -0.661 e. The predicted molar refractivity (Wildman–Crippen MR) is 75.2 cm³/mol. The molecule has 2 aliphatic carbocycles. The van der Waals surface area contributed by atoms with Crippen molar-refractivity contribution in [1.82, 2.24) is 0 Å². The molecule has 0 aromatic heterocycles. The Hall–Kier alpha value is -0.300. The maximum atomic E-state index is 4.75. The Bertz CT molecular complexity index is 305. The van der Waals surface area contributed by atoms with E-state index in [9.17, 15) is 0 Å². The Labute approximate surface area is 107 Å². The van der Waals surface area contributed by atoms with Crippen LogP contribution in [0.15, 0.2) is 11.6 Å². The topological polar surface area (TPSA) is 14.1 Å². The molecule has 1 heteroatoms. The van der Waals surface area contributed by atoms with Crippen LogP contribution in [0.4, 0.5) is 0 Å². The van der Waals surface area contributed by atoms with Gasteiger partial charge in [0, 0.05) is 0 Å². The van der Waals surface area contributed by atoms with Crippen molar-refractivity contribution in [1.29, 1.82) is 0 Å². The van der Waals surface area contributed by atoms with Gasteiger partial charge in [-0.3, -0.25) is 0 Å². The van der Waals surface area contributed by atoms with Gasteiger partial charge in [-0.2, -0.15) is 7.05 Å². The minimum absolute atomic E-state index is 0.395. The summed E-state index contributed by atoms with van der Waals surface area (Å²) in [5, 5.41) is 4.75. The highest BCUT2D eigenvalue weighted by atomic mass is 14.9. The normalized spacial score (nSPS) is 42.2. The highest BCUT2D eigenvalue weighted by molar-refractivity contribution is 5.25. The second kappa shape index (κ2) is 4.76. The molecular weight excluding hydrogens is 206 g/mol. The van der Waals surface area contributed by atoms with Crippen LogP contribution >= 0.6 is 0 Å². The monoisotopic (exact) mass is 234 g/mol. The SMILES string of the molecule is C[N-]C1C(C)CCC12C=C(C(C)C)CCC2C. The summed E-state index contributed by atoms with van der Waals surface area (Å²) in [6, 6.07) is 0.562. The van der Waals surface area contributed by atoms with Gasteiger partial charge in [0.25, 0.3) is 0 Å². The van der Waals surface area contributed by atoms with Crippen molar-refractivity contribution in [3.63, 3.8) is 0 Å². The fourth-order valence-corrected chi connectivity index (χ4v) is 4.17. The van der Waals surface area contributed by atoms with Crippen LogP contribution in [0, 0.1) is 23.2 Å². The lowest BCUT2D eigenvalue weighted by atomic mass is 9.64. The predicted octanol–water partition coefficient (Wildman–Crippen LogP) is 4.79. The molecule has 4 atom stereocenters. The van der Waals surface area contributed by atoms with Gasteiger partial charge in [-0.25, -0.2) is 0 Å². The van der Waals surface area contributed by atoms with Crippen molar-refractivity contribution >= 4 is 0 Å². The summed E-state index contributed by atoms with van der Waals surface area (Å²) in [6.07, 6.45) is 8.03. The van der Waals surface area contributed by atoms with Crippen LogP contribution in [0.2, 0.25) is 0 Å². The van der Waals surface area contributed by atoms with Crippen molar-refractivity contribution in [2.45, 2.75) is 59.4 Å². The number of hydrogen-bond acceptors (Lipinski definition) is 0. The molecule has 17 heavy (non-hydrogen) atoms. The van der Waals surface area contributed by atoms with E-state index in [4.69, 9.17) is 5.32 Å². The molecule has 0 aromatic carbocycles. The van der Waals surface area contributed by atoms with Crippen molar-refractivity contribution in [2.24, 2.45) is 23.2 Å². The zero-order valence-electron chi connectivity index (χ0n) is 12.2. The summed E-state index contributed by atoms with van der Waals surface area (Å²) < 4.78 is 0. The first-order valence-electron chi connectivity index (χ1n) is 7.32. The van der Waals surface area contributed by atoms with Gasteiger partial charge in [0.1, 0.15) is 0 Å². The van der Waals surface area contributed by atoms with Crippen LogP contribution in [0.5, 0.6) is 0 Å². The van der Waals surface area contributed by atoms with Crippen LogP contribution in [0.1, 0.15) is 53.4 Å². The van der Waals surface area contributed by atoms with E-state index in [-0.39, 0.29) is 0 Å². The summed E-state index contributed by atoms with van der Waals surface area (Å²) in [6.45, 7) is 9.51. The lowest BCUT2D eigenvalue weighted by Crippen LogP contribution is -2.39. The number of hydrogen-bond donors (Lipinski definition) is 0. The van der Waals surface area contributed by atoms with E-state index in [0.717, 1.165) is 11.8 Å². The molecular formula is C16H28N-. The average molecular weight is 234 g/mol. The fourth-order valence-electron chi connectivity index (χ4n) is 4.17. The quantitative estimate of drug-likeness (QED) is 0.610. The number of rotatable bonds is 2. The third-order valence-corrected chi connectivity index (χ3v) is 5.38. The van der Waals surface area contributed by atoms with E-state index >= 15 is 0 Å². The number of nitrogens with zero attached hydrogens (tertiary/aromatic N) is 1. The molecule has 0 saturated heterocycles. The molecule has 1 fully saturated rings. The van der Waals surface area contributed by atoms with Gasteiger partial charge in [-0.1, -0.05) is 51.7 Å². The summed E-state index contributed by atoms with van der Waals surface area (Å²) in [5.41, 5.74) is 2.08. The molecule has 0 aromatic rings. The summed E-state index contributed by atoms with van der Waals surface area (Å²) in [7, 11) is 2.03. The molecule has 1 saturated carbocycles. The van der Waals surface area contributed by atoms with Gasteiger partial charge in [0.15, 0.2) is 0 Å². The van der Waals surface area contributed by atoms with Crippen molar-refractivity contribution in [3.8, 4) is 0 Å². The van der Waals surface area contributed by atoms with Gasteiger partial charge in [0.2, 0.25) is 0 Å². The second-order valence-corrected chi connectivity index (χ2v) is 6.65. The van der Waals surface area contributed by atoms with E-state index in [2.05, 4.69) is 33.8 Å². The van der Waals surface area contributed by atoms with Crippen molar-refractivity contribution in [3.05, 3.63) is 17.0 Å². The van der Waals surface area contributed by atoms with Crippen LogP contribution in [-0.2, 0) is 0 Å². The Kier molecular flexibility index (Phi) is 3.68. The fraction of sp³-hybridized carbons (Fsp3) is 0.875. The molecule has 0 amide bonds. The van der Waals surface area contributed by atoms with E-state index in [1.54, 1.807) is 5.57 Å². The molecule has 1 spiro atoms. The van der Waals surface area contributed by atoms with Crippen LogP contribution in [0.3, 0.4) is 0 Å². The first-order chi connectivity index (χ1) is 8.01. The largest absolute Gasteiger partial charge is 0.661 e. The lowest BCUT2D eigenvalue weighted by Gasteiger charge is -2.50. The Morgan fingerprint density at radius 3 is 2.59 bits per heavy atom. The van der Waals surface area contributed by atoms with Gasteiger partial charge in [-0.15, -0.1) is 6.04 Å². The molecule has 4 unspecified atom stereocenters. The van der Waals surface area contributed by atoms with E-state index in [0.29, 0.717) is 17.4 Å². The van der Waals surface area contributed by atoms with E-state index in [1.807, 2.05) is 7.05 Å². The van der Waals surface area contributed by atoms with Crippen molar-refractivity contribution < 1.29 is 0 Å². The third-order valence-electron chi connectivity index (χ3n) is 5.38. The zero-order chi connectivity index (χ0) is 12.6. The van der Waals surface area contributed by atoms with E-state index in [1.165, 1.54) is 25.7 Å². The standard InChI is InChI=1S/C16H28N/c1-11(2)14-7-6-13(4)16(10-14)9-8-12(3)15(16)17-5/h10-13,15H,6-9H2,1-5H3/q-1. The van der Waals surface area contributed by atoms with Gasteiger partial charge in [0.05, 0.1) is 0 Å². The smallest absolute Gasteiger partial charge is 0.0247 e. The molecule has 98 valence electrons. The van der Waals surface area contributed by atoms with Gasteiger partial charge in [-0.05, 0) is 36.5 Å². The maximum Gasteiger partial charge on any atom is -0.0247 e. The Morgan fingerprint density at radius 1 is 1.29 bits per heavy atom. The maximum absolute atomic E-state index is 4.75. The highest BCUT2D eigenvalue weighted by Crippen LogP contribution is 2.55. The van der Waals surface area contributed by atoms with Crippen LogP contribution in [0.25, 0.3) is 5.32 Å². The molecule has 2 rings (SSSR count). The lowest BCUT2D eigenvalue weighted by molar-refractivity contribution is 0.199. The summed E-state index contributed by atoms with van der Waals surface area (Å²) in [4.78, 5) is 0. The number of allylic oxidation sites excluding steroid dienone is 1. The molecule has 0 N–H and O–H groups in total. The molecule has 1 nitrogen and oxygen atoms in total. The van der Waals surface area contributed by atoms with Crippen LogP contribution in [-0.4, -0.2) is 13.1 Å². The van der Waals surface area contributed by atoms with E-state index < -0.39 is 0 Å². The molecule has 0 aliphatic heterocycles. The van der Waals surface area contributed by atoms with Crippen molar-refractivity contribution in [2.75, 3.05) is 7.05 Å². The van der Waals surface area contributed by atoms with Crippen LogP contribution < -0.4 is 0 Å². The summed E-state index contributed by atoms with van der Waals surface area (Å²) in [5.74, 6) is 2.29. The zero-order valence-corrected chi connectivity index (χ0v) is 12.2. The molecule has 0 heterocycles. The Morgan fingerprint density at radius 2 is 2.00 bits per heavy atom. The second-order valence-electron chi connectivity index (χ2n) is 6.65.